The normalized spacial score (nSPS) is 17.2. The van der Waals surface area contributed by atoms with Crippen LogP contribution in [0.2, 0.25) is 0 Å². The van der Waals surface area contributed by atoms with Crippen LogP contribution in [0.1, 0.15) is 16.8 Å². The predicted molar refractivity (Wildman–Crippen MR) is 121 cm³/mol. The Morgan fingerprint density at radius 1 is 0.939 bits per heavy atom. The van der Waals surface area contributed by atoms with Gasteiger partial charge in [-0.05, 0) is 36.4 Å². The summed E-state index contributed by atoms with van der Waals surface area (Å²) in [5.41, 5.74) is 6.07. The summed E-state index contributed by atoms with van der Waals surface area (Å²) in [7, 11) is -3.69. The third-order valence-electron chi connectivity index (χ3n) is 5.51. The highest BCUT2D eigenvalue weighted by Gasteiger charge is 2.29. The van der Waals surface area contributed by atoms with E-state index in [0.29, 0.717) is 43.5 Å². The van der Waals surface area contributed by atoms with Gasteiger partial charge in [0.25, 0.3) is 0 Å². The van der Waals surface area contributed by atoms with Gasteiger partial charge in [0.05, 0.1) is 24.7 Å². The van der Waals surface area contributed by atoms with Crippen LogP contribution in [0.4, 0.5) is 5.69 Å². The lowest BCUT2D eigenvalue weighted by atomic mass is 10.2. The van der Waals surface area contributed by atoms with Crippen LogP contribution < -0.4 is 20.5 Å². The lowest BCUT2D eigenvalue weighted by Crippen LogP contribution is -2.50. The summed E-state index contributed by atoms with van der Waals surface area (Å²) in [6.45, 7) is 2.68. The van der Waals surface area contributed by atoms with Crippen LogP contribution in [0.15, 0.2) is 47.4 Å². The molecule has 0 aliphatic carbocycles. The van der Waals surface area contributed by atoms with Crippen molar-refractivity contribution in [3.8, 4) is 11.5 Å². The third kappa shape index (κ3) is 5.44. The number of nitrogens with one attached hydrogen (secondary N) is 1. The number of primary amides is 1. The molecule has 0 unspecified atom stereocenters. The molecule has 0 bridgehead atoms. The number of nitrogens with zero attached hydrogens (tertiary/aromatic N) is 2. The molecule has 0 atom stereocenters. The number of carbonyl (C=O) groups excluding carboxylic acids is 2. The van der Waals surface area contributed by atoms with Crippen LogP contribution >= 0.6 is 0 Å². The Hall–Kier alpha value is -3.15. The van der Waals surface area contributed by atoms with E-state index in [1.807, 2.05) is 4.90 Å². The minimum Gasteiger partial charge on any atom is -0.490 e. The van der Waals surface area contributed by atoms with E-state index in [9.17, 15) is 18.0 Å². The lowest BCUT2D eigenvalue weighted by molar-refractivity contribution is -0.117. The molecule has 2 amide bonds. The molecule has 0 radical (unpaired) electrons. The number of fused-ring (bicyclic) bond motifs is 1. The average Bonchev–Trinajstić information content (AvgIpc) is 3.04. The summed E-state index contributed by atoms with van der Waals surface area (Å²) >= 11 is 0. The number of amides is 2. The first kappa shape index (κ1) is 23.0. The fourth-order valence-electron chi connectivity index (χ4n) is 3.71. The first-order chi connectivity index (χ1) is 15.8. The second-order valence-electron chi connectivity index (χ2n) is 7.83. The van der Waals surface area contributed by atoms with Crippen molar-refractivity contribution in [2.24, 2.45) is 5.73 Å². The molecule has 1 saturated heterocycles. The molecule has 0 spiro atoms. The van der Waals surface area contributed by atoms with Crippen LogP contribution in [0.5, 0.6) is 11.5 Å². The Bertz CT molecular complexity index is 1130. The molecule has 2 aliphatic heterocycles. The molecule has 33 heavy (non-hydrogen) atoms. The van der Waals surface area contributed by atoms with Crippen molar-refractivity contribution in [1.29, 1.82) is 0 Å². The Kier molecular flexibility index (Phi) is 6.82. The van der Waals surface area contributed by atoms with Gasteiger partial charge in [-0.2, -0.15) is 4.31 Å². The van der Waals surface area contributed by atoms with Gasteiger partial charge in [0.15, 0.2) is 11.5 Å². The molecule has 2 aromatic rings. The number of hydrogen-bond acceptors (Lipinski definition) is 7. The van der Waals surface area contributed by atoms with E-state index in [1.54, 1.807) is 18.2 Å². The van der Waals surface area contributed by atoms with Crippen LogP contribution in [0.25, 0.3) is 0 Å². The van der Waals surface area contributed by atoms with Gasteiger partial charge in [0, 0.05) is 49.9 Å². The van der Waals surface area contributed by atoms with Gasteiger partial charge >= 0.3 is 0 Å². The number of anilines is 1. The zero-order chi connectivity index (χ0) is 23.4. The Balaban J connectivity index is 1.30. The highest BCUT2D eigenvalue weighted by atomic mass is 32.2. The Labute approximate surface area is 192 Å². The van der Waals surface area contributed by atoms with E-state index in [-0.39, 0.29) is 36.0 Å². The van der Waals surface area contributed by atoms with Gasteiger partial charge in [-0.25, -0.2) is 8.42 Å². The van der Waals surface area contributed by atoms with Crippen molar-refractivity contribution in [3.63, 3.8) is 0 Å². The maximum atomic E-state index is 12.9. The van der Waals surface area contributed by atoms with Crippen molar-refractivity contribution in [3.05, 3.63) is 48.0 Å². The summed E-state index contributed by atoms with van der Waals surface area (Å²) in [6.07, 6.45) is 0.802. The average molecular weight is 475 g/mol. The monoisotopic (exact) mass is 474 g/mol. The smallest absolute Gasteiger partial charge is 0.248 e. The zero-order valence-corrected chi connectivity index (χ0v) is 18.8. The van der Waals surface area contributed by atoms with Crippen LogP contribution in [-0.2, 0) is 14.8 Å². The topological polar surface area (TPSA) is 131 Å². The largest absolute Gasteiger partial charge is 0.490 e. The summed E-state index contributed by atoms with van der Waals surface area (Å²) < 4.78 is 38.4. The van der Waals surface area contributed by atoms with Crippen LogP contribution in [-0.4, -0.2) is 75.4 Å². The number of rotatable bonds is 6. The van der Waals surface area contributed by atoms with Crippen LogP contribution in [0.3, 0.4) is 0 Å². The molecule has 0 saturated carbocycles. The second kappa shape index (κ2) is 9.77. The Morgan fingerprint density at radius 2 is 1.61 bits per heavy atom. The maximum absolute atomic E-state index is 12.9. The number of hydrogen-bond donors (Lipinski definition) is 2. The highest BCUT2D eigenvalue weighted by Crippen LogP contribution is 2.32. The van der Waals surface area contributed by atoms with Gasteiger partial charge in [0.1, 0.15) is 0 Å². The van der Waals surface area contributed by atoms with E-state index in [4.69, 9.17) is 15.2 Å². The molecule has 3 N–H and O–H groups in total. The first-order valence-corrected chi connectivity index (χ1v) is 12.1. The zero-order valence-electron chi connectivity index (χ0n) is 18.0. The minimum atomic E-state index is -3.69. The fraction of sp³-hybridized carbons (Fsp3) is 0.364. The molecule has 1 fully saturated rings. The predicted octanol–water partition coefficient (Wildman–Crippen LogP) is 0.892. The van der Waals surface area contributed by atoms with E-state index in [2.05, 4.69) is 5.32 Å². The third-order valence-corrected chi connectivity index (χ3v) is 7.42. The number of sulfonamides is 1. The highest BCUT2D eigenvalue weighted by molar-refractivity contribution is 7.89. The molecule has 2 aromatic carbocycles. The minimum absolute atomic E-state index is 0.105. The van der Waals surface area contributed by atoms with E-state index in [1.165, 1.54) is 28.6 Å². The van der Waals surface area contributed by atoms with E-state index < -0.39 is 15.9 Å². The molecular weight excluding hydrogens is 448 g/mol. The van der Waals surface area contributed by atoms with Crippen molar-refractivity contribution < 1.29 is 27.5 Å². The molecule has 2 heterocycles. The van der Waals surface area contributed by atoms with Crippen molar-refractivity contribution in [2.75, 3.05) is 51.3 Å². The Morgan fingerprint density at radius 3 is 2.27 bits per heavy atom. The van der Waals surface area contributed by atoms with E-state index in [0.717, 1.165) is 6.42 Å². The first-order valence-electron chi connectivity index (χ1n) is 10.6. The van der Waals surface area contributed by atoms with Gasteiger partial charge < -0.3 is 20.5 Å². The van der Waals surface area contributed by atoms with E-state index >= 15 is 0 Å². The molecule has 2 aliphatic rings. The number of piperazine rings is 1. The summed E-state index contributed by atoms with van der Waals surface area (Å²) in [5, 5.41) is 2.86. The van der Waals surface area contributed by atoms with Gasteiger partial charge in [-0.1, -0.05) is 0 Å². The van der Waals surface area contributed by atoms with Crippen LogP contribution in [0, 0.1) is 0 Å². The van der Waals surface area contributed by atoms with Crippen molar-refractivity contribution in [1.82, 2.24) is 9.21 Å². The van der Waals surface area contributed by atoms with Gasteiger partial charge in [-0.15, -0.1) is 0 Å². The van der Waals surface area contributed by atoms with Crippen molar-refractivity contribution >= 4 is 27.5 Å². The molecule has 0 aromatic heterocycles. The number of ether oxygens (including phenoxy) is 2. The number of nitrogens with two attached hydrogens (primary N) is 1. The number of benzene rings is 2. The summed E-state index contributed by atoms with van der Waals surface area (Å²) in [6, 6.07) is 10.8. The summed E-state index contributed by atoms with van der Waals surface area (Å²) in [4.78, 5) is 25.7. The fourth-order valence-corrected chi connectivity index (χ4v) is 5.14. The molecule has 176 valence electrons. The SMILES string of the molecule is NC(=O)c1ccc(S(=O)(=O)N2CCN(CC(=O)Nc3ccc4c(c3)OCCCO4)CC2)cc1. The number of carbonyl (C=O) groups is 2. The second-order valence-corrected chi connectivity index (χ2v) is 9.77. The molecule has 11 heteroatoms. The van der Waals surface area contributed by atoms with Gasteiger partial charge in [0.2, 0.25) is 21.8 Å². The molecule has 4 rings (SSSR count). The van der Waals surface area contributed by atoms with Gasteiger partial charge in [-0.3, -0.25) is 14.5 Å². The quantitative estimate of drug-likeness (QED) is 0.636. The maximum Gasteiger partial charge on any atom is 0.248 e. The summed E-state index contributed by atoms with van der Waals surface area (Å²) in [5.74, 6) is 0.459. The van der Waals surface area contributed by atoms with Crippen molar-refractivity contribution in [2.45, 2.75) is 11.3 Å². The lowest BCUT2D eigenvalue weighted by Gasteiger charge is -2.33. The standard InChI is InChI=1S/C22H26N4O6S/c23-22(28)16-2-5-18(6-3-16)33(29,30)26-10-8-25(9-11-26)15-21(27)24-17-4-7-19-20(14-17)32-13-1-12-31-19/h2-7,14H,1,8-13,15H2,(H2,23,28)(H,24,27). The molecule has 10 nitrogen and oxygen atoms in total. The molecular formula is C22H26N4O6S.